The number of nitrogens with one attached hydrogen (secondary N) is 1. The second-order valence-corrected chi connectivity index (χ2v) is 11.0. The van der Waals surface area contributed by atoms with Crippen LogP contribution < -0.4 is 5.32 Å². The van der Waals surface area contributed by atoms with Crippen molar-refractivity contribution in [3.05, 3.63) is 35.9 Å². The molecule has 2 aliphatic heterocycles. The number of piperazine rings is 1. The van der Waals surface area contributed by atoms with Gasteiger partial charge >= 0.3 is 0 Å². The van der Waals surface area contributed by atoms with Gasteiger partial charge in [0, 0.05) is 31.2 Å². The van der Waals surface area contributed by atoms with Crippen molar-refractivity contribution in [1.29, 1.82) is 0 Å². The number of rotatable bonds is 4. The Morgan fingerprint density at radius 1 is 1.03 bits per heavy atom. The molecule has 1 amide bonds. The summed E-state index contributed by atoms with van der Waals surface area (Å²) in [5, 5.41) is 3.63. The van der Waals surface area contributed by atoms with E-state index in [1.165, 1.54) is 57.1 Å². The van der Waals surface area contributed by atoms with Crippen LogP contribution in [0.1, 0.15) is 56.9 Å². The van der Waals surface area contributed by atoms with E-state index in [-0.39, 0.29) is 11.4 Å². The van der Waals surface area contributed by atoms with Crippen molar-refractivity contribution in [3.8, 4) is 0 Å². The Balaban J connectivity index is 1.16. The lowest BCUT2D eigenvalue weighted by Crippen LogP contribution is -2.65. The zero-order valence-corrected chi connectivity index (χ0v) is 17.6. The van der Waals surface area contributed by atoms with Gasteiger partial charge in [-0.25, -0.2) is 0 Å². The predicted molar refractivity (Wildman–Crippen MR) is 115 cm³/mol. The Morgan fingerprint density at radius 3 is 2.62 bits per heavy atom. The van der Waals surface area contributed by atoms with Crippen LogP contribution in [0.2, 0.25) is 0 Å². The average Bonchev–Trinajstić information content (AvgIpc) is 3.15. The second-order valence-electron chi connectivity index (χ2n) is 11.0. The average molecular weight is 394 g/mol. The third-order valence-electron chi connectivity index (χ3n) is 8.89. The molecule has 4 aliphatic carbocycles. The van der Waals surface area contributed by atoms with Crippen LogP contribution in [0.5, 0.6) is 0 Å². The first-order chi connectivity index (χ1) is 14.1. The van der Waals surface area contributed by atoms with Crippen molar-refractivity contribution < 1.29 is 4.79 Å². The summed E-state index contributed by atoms with van der Waals surface area (Å²) in [5.41, 5.74) is 1.87. The molecule has 156 valence electrons. The standard InChI is InChI=1S/C25H35N3O/c29-23(17-27-9-10-28-8-4-7-22(28)16-27)26-25-14-19-11-20(15-25)13-24(12-19,18-25)21-5-2-1-3-6-21/h1-3,5-6,19-20,22H,4,7-18H2,(H,26,29)/t19-,20+,22?,24-,25-. The maximum absolute atomic E-state index is 13.2. The molecule has 4 nitrogen and oxygen atoms in total. The first-order valence-electron chi connectivity index (χ1n) is 11.9. The monoisotopic (exact) mass is 393 g/mol. The lowest BCUT2D eigenvalue weighted by molar-refractivity contribution is -0.129. The minimum Gasteiger partial charge on any atom is -0.350 e. The van der Waals surface area contributed by atoms with Crippen molar-refractivity contribution in [3.63, 3.8) is 0 Å². The molecule has 0 aromatic heterocycles. The fraction of sp³-hybridized carbons (Fsp3) is 0.720. The predicted octanol–water partition coefficient (Wildman–Crippen LogP) is 3.17. The molecule has 1 N–H and O–H groups in total. The van der Waals surface area contributed by atoms with Crippen molar-refractivity contribution in [2.45, 2.75) is 68.4 Å². The van der Waals surface area contributed by atoms with E-state index in [2.05, 4.69) is 45.4 Å². The smallest absolute Gasteiger partial charge is 0.234 e. The van der Waals surface area contributed by atoms with Gasteiger partial charge in [-0.05, 0) is 80.7 Å². The second kappa shape index (κ2) is 6.81. The molecular weight excluding hydrogens is 358 g/mol. The minimum atomic E-state index is 0.0478. The number of benzene rings is 1. The van der Waals surface area contributed by atoms with E-state index >= 15 is 0 Å². The number of fused-ring (bicyclic) bond motifs is 1. The van der Waals surface area contributed by atoms with E-state index < -0.39 is 0 Å². The van der Waals surface area contributed by atoms with Crippen LogP contribution in [-0.2, 0) is 10.2 Å². The lowest BCUT2D eigenvalue weighted by Gasteiger charge is -2.62. The van der Waals surface area contributed by atoms with Crippen LogP contribution in [0.4, 0.5) is 0 Å². The molecule has 7 rings (SSSR count). The number of hydrogen-bond donors (Lipinski definition) is 1. The summed E-state index contributed by atoms with van der Waals surface area (Å²) in [6, 6.07) is 11.9. The van der Waals surface area contributed by atoms with Crippen molar-refractivity contribution in [1.82, 2.24) is 15.1 Å². The summed E-state index contributed by atoms with van der Waals surface area (Å²) in [5.74, 6) is 1.86. The van der Waals surface area contributed by atoms with Gasteiger partial charge in [0.2, 0.25) is 5.91 Å². The molecule has 1 aromatic carbocycles. The van der Waals surface area contributed by atoms with Gasteiger partial charge in [0.25, 0.3) is 0 Å². The third kappa shape index (κ3) is 3.23. The SMILES string of the molecule is O=C(CN1CCN2CCCC2C1)N[C@@]12C[C@H]3C[C@@H](C1)C[C@@](c1ccccc1)(C3)C2. The largest absolute Gasteiger partial charge is 0.350 e. The summed E-state index contributed by atoms with van der Waals surface area (Å²) >= 11 is 0. The van der Waals surface area contributed by atoms with Gasteiger partial charge in [0.05, 0.1) is 6.54 Å². The molecule has 6 fully saturated rings. The highest BCUT2D eigenvalue weighted by molar-refractivity contribution is 5.79. The lowest BCUT2D eigenvalue weighted by atomic mass is 9.45. The molecule has 4 bridgehead atoms. The molecule has 2 heterocycles. The molecule has 0 radical (unpaired) electrons. The molecule has 0 spiro atoms. The number of hydrogen-bond acceptors (Lipinski definition) is 3. The molecular formula is C25H35N3O. The summed E-state index contributed by atoms with van der Waals surface area (Å²) < 4.78 is 0. The Kier molecular flexibility index (Phi) is 4.32. The first-order valence-corrected chi connectivity index (χ1v) is 11.9. The third-order valence-corrected chi connectivity index (χ3v) is 8.89. The van der Waals surface area contributed by atoms with Crippen LogP contribution >= 0.6 is 0 Å². The van der Waals surface area contributed by atoms with E-state index in [1.54, 1.807) is 0 Å². The maximum atomic E-state index is 13.2. The van der Waals surface area contributed by atoms with Gasteiger partial charge in [-0.15, -0.1) is 0 Å². The number of carbonyl (C=O) groups is 1. The zero-order valence-electron chi connectivity index (χ0n) is 17.6. The number of amides is 1. The summed E-state index contributed by atoms with van der Waals surface area (Å²) in [4.78, 5) is 18.2. The topological polar surface area (TPSA) is 35.6 Å². The van der Waals surface area contributed by atoms with E-state index in [0.29, 0.717) is 18.0 Å². The normalized spacial score (nSPS) is 41.4. The highest BCUT2D eigenvalue weighted by Crippen LogP contribution is 2.62. The first kappa shape index (κ1) is 18.4. The molecule has 1 aromatic rings. The van der Waals surface area contributed by atoms with E-state index in [1.807, 2.05) is 0 Å². The molecule has 1 unspecified atom stereocenters. The number of carbonyl (C=O) groups excluding carboxylic acids is 1. The molecule has 6 aliphatic rings. The summed E-state index contributed by atoms with van der Waals surface area (Å²) in [7, 11) is 0. The molecule has 2 saturated heterocycles. The molecule has 4 heteroatoms. The molecule has 29 heavy (non-hydrogen) atoms. The molecule has 5 atom stereocenters. The number of nitrogens with zero attached hydrogens (tertiary/aromatic N) is 2. The van der Waals surface area contributed by atoms with Crippen LogP contribution in [0.3, 0.4) is 0 Å². The van der Waals surface area contributed by atoms with Gasteiger partial charge in [-0.1, -0.05) is 30.3 Å². The highest BCUT2D eigenvalue weighted by atomic mass is 16.2. The Labute approximate surface area is 175 Å². The van der Waals surface area contributed by atoms with Gasteiger partial charge in [-0.3, -0.25) is 14.6 Å². The van der Waals surface area contributed by atoms with Crippen LogP contribution in [0, 0.1) is 11.8 Å². The van der Waals surface area contributed by atoms with Crippen LogP contribution in [0.15, 0.2) is 30.3 Å². The Bertz CT molecular complexity index is 764. The Hall–Kier alpha value is -1.39. The van der Waals surface area contributed by atoms with Gasteiger partial charge < -0.3 is 5.32 Å². The minimum absolute atomic E-state index is 0.0478. The van der Waals surface area contributed by atoms with E-state index in [0.717, 1.165) is 37.9 Å². The molecule has 4 saturated carbocycles. The van der Waals surface area contributed by atoms with E-state index in [9.17, 15) is 4.79 Å². The van der Waals surface area contributed by atoms with Crippen molar-refractivity contribution in [2.75, 3.05) is 32.7 Å². The van der Waals surface area contributed by atoms with Crippen molar-refractivity contribution in [2.24, 2.45) is 11.8 Å². The summed E-state index contributed by atoms with van der Waals surface area (Å²) in [6.45, 7) is 5.14. The van der Waals surface area contributed by atoms with Gasteiger partial charge in [-0.2, -0.15) is 0 Å². The maximum Gasteiger partial charge on any atom is 0.234 e. The summed E-state index contributed by atoms with van der Waals surface area (Å²) in [6.07, 6.45) is 10.3. The fourth-order valence-corrected chi connectivity index (χ4v) is 8.28. The zero-order chi connectivity index (χ0) is 19.5. The Morgan fingerprint density at radius 2 is 1.83 bits per heavy atom. The van der Waals surface area contributed by atoms with Crippen LogP contribution in [-0.4, -0.2) is 60.0 Å². The fourth-order valence-electron chi connectivity index (χ4n) is 8.28. The van der Waals surface area contributed by atoms with Crippen LogP contribution in [0.25, 0.3) is 0 Å². The van der Waals surface area contributed by atoms with Crippen molar-refractivity contribution >= 4 is 5.91 Å². The van der Waals surface area contributed by atoms with Gasteiger partial charge in [0.15, 0.2) is 0 Å². The van der Waals surface area contributed by atoms with E-state index in [4.69, 9.17) is 0 Å². The highest BCUT2D eigenvalue weighted by Gasteiger charge is 2.58. The van der Waals surface area contributed by atoms with Gasteiger partial charge in [0.1, 0.15) is 0 Å². The quantitative estimate of drug-likeness (QED) is 0.853.